The van der Waals surface area contributed by atoms with Crippen LogP contribution >= 0.6 is 0 Å². The molecular formula is C25H30BNO8. The summed E-state index contributed by atoms with van der Waals surface area (Å²) in [6.45, 7) is 1.71. The standard InChI is InChI=1S/C25H30BNO8/c1-3-14(10-15-6-4-5-7-19(15)29)8-9-20-21-16(13-28)11-17-22(18(21)12-26(33)35-20)24(31)27(23(17)30)25(32)34-2/h4-7,10,17-18,20,22,28-29,33H,3,8-9,11-13H2,1-2H3/b14-10+/t17-,18+,20-,22-/m1/s1. The highest BCUT2D eigenvalue weighted by atomic mass is 16.5. The van der Waals surface area contributed by atoms with Gasteiger partial charge in [0.2, 0.25) is 11.8 Å². The summed E-state index contributed by atoms with van der Waals surface area (Å²) in [7, 11) is -0.0367. The number of fused-ring (bicyclic) bond motifs is 3. The molecule has 1 aromatic carbocycles. The van der Waals surface area contributed by atoms with Crippen LogP contribution in [0.1, 0.15) is 38.2 Å². The third-order valence-corrected chi connectivity index (χ3v) is 7.33. The number of allylic oxidation sites excluding steroid dienone is 1. The predicted octanol–water partition coefficient (Wildman–Crippen LogP) is 2.52. The Kier molecular flexibility index (Phi) is 7.44. The molecule has 2 aliphatic heterocycles. The fourth-order valence-corrected chi connectivity index (χ4v) is 5.68. The van der Waals surface area contributed by atoms with Gasteiger partial charge in [0.1, 0.15) is 5.75 Å². The number of para-hydroxylation sites is 1. The van der Waals surface area contributed by atoms with E-state index in [1.165, 1.54) is 0 Å². The number of hydrogen-bond donors (Lipinski definition) is 3. The summed E-state index contributed by atoms with van der Waals surface area (Å²) in [5.74, 6) is -3.19. The van der Waals surface area contributed by atoms with Crippen molar-refractivity contribution in [3.8, 4) is 5.75 Å². The van der Waals surface area contributed by atoms with Crippen LogP contribution in [0.2, 0.25) is 6.32 Å². The number of methoxy groups -OCH3 is 1. The number of phenols is 1. The molecule has 9 nitrogen and oxygen atoms in total. The second-order valence-electron chi connectivity index (χ2n) is 9.21. The van der Waals surface area contributed by atoms with Gasteiger partial charge in [-0.1, -0.05) is 36.8 Å². The smallest absolute Gasteiger partial charge is 0.455 e. The first-order chi connectivity index (χ1) is 16.8. The number of aromatic hydroxyl groups is 1. The van der Waals surface area contributed by atoms with E-state index in [4.69, 9.17) is 4.65 Å². The van der Waals surface area contributed by atoms with Gasteiger partial charge < -0.3 is 24.6 Å². The van der Waals surface area contributed by atoms with E-state index in [2.05, 4.69) is 4.74 Å². The van der Waals surface area contributed by atoms with Gasteiger partial charge in [0.05, 0.1) is 31.7 Å². The normalized spacial score (nSPS) is 26.7. The van der Waals surface area contributed by atoms with Gasteiger partial charge in [-0.3, -0.25) is 9.59 Å². The molecule has 35 heavy (non-hydrogen) atoms. The number of carbonyl (C=O) groups excluding carboxylic acids is 3. The van der Waals surface area contributed by atoms with Crippen LogP contribution in [-0.4, -0.2) is 65.0 Å². The first-order valence-corrected chi connectivity index (χ1v) is 11.9. The fourth-order valence-electron chi connectivity index (χ4n) is 5.68. The summed E-state index contributed by atoms with van der Waals surface area (Å²) in [5.41, 5.74) is 3.13. The zero-order chi connectivity index (χ0) is 25.3. The van der Waals surface area contributed by atoms with Crippen molar-refractivity contribution < 1.29 is 39.0 Å². The Bertz CT molecular complexity index is 1080. The van der Waals surface area contributed by atoms with Gasteiger partial charge in [0, 0.05) is 5.56 Å². The third-order valence-electron chi connectivity index (χ3n) is 7.33. The minimum absolute atomic E-state index is 0.0961. The van der Waals surface area contributed by atoms with E-state index in [1.54, 1.807) is 12.1 Å². The largest absolute Gasteiger partial charge is 0.507 e. The van der Waals surface area contributed by atoms with Crippen molar-refractivity contribution in [1.29, 1.82) is 0 Å². The summed E-state index contributed by atoms with van der Waals surface area (Å²) >= 11 is 0. The molecule has 2 saturated heterocycles. The molecule has 4 atom stereocenters. The maximum Gasteiger partial charge on any atom is 0.455 e. The average molecular weight is 483 g/mol. The molecule has 0 radical (unpaired) electrons. The van der Waals surface area contributed by atoms with E-state index in [0.717, 1.165) is 24.7 Å². The van der Waals surface area contributed by atoms with E-state index in [-0.39, 0.29) is 25.1 Å². The van der Waals surface area contributed by atoms with Gasteiger partial charge in [-0.15, -0.1) is 0 Å². The van der Waals surface area contributed by atoms with Gasteiger partial charge in [-0.25, -0.2) is 4.79 Å². The van der Waals surface area contributed by atoms with Crippen molar-refractivity contribution >= 4 is 31.1 Å². The van der Waals surface area contributed by atoms with Crippen LogP contribution < -0.4 is 0 Å². The Morgan fingerprint density at radius 2 is 2.00 bits per heavy atom. The Morgan fingerprint density at radius 1 is 1.26 bits per heavy atom. The number of imide groups is 3. The maximum atomic E-state index is 13.1. The predicted molar refractivity (Wildman–Crippen MR) is 127 cm³/mol. The molecule has 186 valence electrons. The van der Waals surface area contributed by atoms with Crippen LogP contribution in [0.3, 0.4) is 0 Å². The molecule has 0 spiro atoms. The second kappa shape index (κ2) is 10.4. The quantitative estimate of drug-likeness (QED) is 0.319. The summed E-state index contributed by atoms with van der Waals surface area (Å²) in [4.78, 5) is 38.7. The molecule has 0 bridgehead atoms. The van der Waals surface area contributed by atoms with Gasteiger partial charge >= 0.3 is 13.2 Å². The van der Waals surface area contributed by atoms with Crippen molar-refractivity contribution in [2.45, 2.75) is 45.0 Å². The number of likely N-dealkylation sites (tertiary alicyclic amines) is 1. The fraction of sp³-hybridized carbons (Fsp3) is 0.480. The number of phenolic OH excluding ortho intramolecular Hbond substituents is 1. The summed E-state index contributed by atoms with van der Waals surface area (Å²) in [6, 6.07) is 7.05. The molecule has 1 aromatic rings. The number of aliphatic hydroxyl groups excluding tert-OH is 1. The van der Waals surface area contributed by atoms with Crippen molar-refractivity contribution in [2.24, 2.45) is 17.8 Å². The lowest BCUT2D eigenvalue weighted by Gasteiger charge is -2.42. The van der Waals surface area contributed by atoms with E-state index in [0.29, 0.717) is 28.9 Å². The first-order valence-electron chi connectivity index (χ1n) is 11.9. The van der Waals surface area contributed by atoms with Crippen molar-refractivity contribution in [3.63, 3.8) is 0 Å². The van der Waals surface area contributed by atoms with Crippen molar-refractivity contribution in [1.82, 2.24) is 4.90 Å². The number of rotatable bonds is 6. The van der Waals surface area contributed by atoms with Gasteiger partial charge in [0.15, 0.2) is 0 Å². The van der Waals surface area contributed by atoms with Crippen LogP contribution in [0, 0.1) is 17.8 Å². The van der Waals surface area contributed by atoms with E-state index in [1.807, 2.05) is 25.1 Å². The van der Waals surface area contributed by atoms with Gasteiger partial charge in [-0.05, 0) is 55.1 Å². The highest BCUT2D eigenvalue weighted by Gasteiger charge is 2.59. The zero-order valence-corrected chi connectivity index (χ0v) is 19.8. The third kappa shape index (κ3) is 4.65. The van der Waals surface area contributed by atoms with Crippen LogP contribution in [-0.2, 0) is 19.0 Å². The van der Waals surface area contributed by atoms with Crippen LogP contribution in [0.5, 0.6) is 5.75 Å². The summed E-state index contributed by atoms with van der Waals surface area (Å²) < 4.78 is 10.5. The number of aliphatic hydroxyl groups is 1. The molecule has 4 rings (SSSR count). The average Bonchev–Trinajstić information content (AvgIpc) is 3.11. The molecule has 10 heteroatoms. The van der Waals surface area contributed by atoms with E-state index >= 15 is 0 Å². The first kappa shape index (κ1) is 25.2. The SMILES string of the molecule is CC/C(=C\c1ccccc1O)CC[C@H]1OB(O)C[C@H]2C1=C(CO)C[C@H]1C(=O)N(C(=O)OC)C(=O)[C@H]12. The number of amides is 3. The Morgan fingerprint density at radius 3 is 2.66 bits per heavy atom. The molecule has 0 saturated carbocycles. The lowest BCUT2D eigenvalue weighted by molar-refractivity contribution is -0.137. The number of benzene rings is 1. The lowest BCUT2D eigenvalue weighted by Crippen LogP contribution is -2.46. The van der Waals surface area contributed by atoms with Crippen LogP contribution in [0.25, 0.3) is 6.08 Å². The lowest BCUT2D eigenvalue weighted by atomic mass is 9.58. The Hall–Kier alpha value is -2.95. The number of nitrogens with zero attached hydrogens (tertiary/aromatic N) is 1. The van der Waals surface area contributed by atoms with Crippen LogP contribution in [0.4, 0.5) is 4.79 Å². The summed E-state index contributed by atoms with van der Waals surface area (Å²) in [6.07, 6.45) is 2.43. The Balaban J connectivity index is 1.61. The molecule has 2 fully saturated rings. The van der Waals surface area contributed by atoms with Crippen molar-refractivity contribution in [2.75, 3.05) is 13.7 Å². The van der Waals surface area contributed by atoms with E-state index < -0.39 is 48.9 Å². The molecule has 3 aliphatic rings. The highest BCUT2D eigenvalue weighted by molar-refractivity contribution is 6.43. The van der Waals surface area contributed by atoms with Gasteiger partial charge in [0.25, 0.3) is 0 Å². The maximum absolute atomic E-state index is 13.1. The van der Waals surface area contributed by atoms with Crippen LogP contribution in [0.15, 0.2) is 41.0 Å². The minimum atomic E-state index is -1.14. The molecular weight excluding hydrogens is 453 g/mol. The molecule has 1 aliphatic carbocycles. The second-order valence-corrected chi connectivity index (χ2v) is 9.21. The minimum Gasteiger partial charge on any atom is -0.507 e. The monoisotopic (exact) mass is 483 g/mol. The molecule has 2 heterocycles. The highest BCUT2D eigenvalue weighted by Crippen LogP contribution is 2.50. The number of ether oxygens (including phenoxy) is 1. The topological polar surface area (TPSA) is 134 Å². The summed E-state index contributed by atoms with van der Waals surface area (Å²) in [5, 5.41) is 30.8. The molecule has 0 unspecified atom stereocenters. The van der Waals surface area contributed by atoms with Gasteiger partial charge in [-0.2, -0.15) is 4.90 Å². The van der Waals surface area contributed by atoms with Crippen molar-refractivity contribution in [3.05, 3.63) is 46.5 Å². The molecule has 0 aromatic heterocycles. The Labute approximate surface area is 204 Å². The zero-order valence-electron chi connectivity index (χ0n) is 19.8. The molecule has 3 N–H and O–H groups in total. The number of carbonyl (C=O) groups is 3. The van der Waals surface area contributed by atoms with E-state index in [9.17, 15) is 29.6 Å². The molecule has 3 amide bonds. The number of hydrogen-bond acceptors (Lipinski definition) is 8.